The Labute approximate surface area is 214 Å². The molecule has 200 valence electrons. The van der Waals surface area contributed by atoms with Gasteiger partial charge in [0.2, 0.25) is 5.95 Å². The molecule has 1 saturated heterocycles. The molecule has 4 atom stereocenters. The molecule has 1 aliphatic rings. The average molecular weight is 515 g/mol. The van der Waals surface area contributed by atoms with Crippen molar-refractivity contribution in [3.63, 3.8) is 0 Å². The van der Waals surface area contributed by atoms with E-state index >= 15 is 0 Å². The molecule has 3 heterocycles. The summed E-state index contributed by atoms with van der Waals surface area (Å²) >= 11 is 0. The van der Waals surface area contributed by atoms with Gasteiger partial charge in [-0.15, -0.1) is 0 Å². The molecular weight excluding hydrogens is 480 g/mol. The minimum Gasteiger partial charge on any atom is -0.460 e. The van der Waals surface area contributed by atoms with Gasteiger partial charge < -0.3 is 35.8 Å². The van der Waals surface area contributed by atoms with Crippen LogP contribution in [0.3, 0.4) is 0 Å². The van der Waals surface area contributed by atoms with E-state index in [4.69, 9.17) is 15.2 Å². The number of ether oxygens (including phenoxy) is 2. The number of aryl methyl sites for hydroxylation is 1. The van der Waals surface area contributed by atoms with Crippen molar-refractivity contribution in [1.29, 1.82) is 0 Å². The Kier molecular flexibility index (Phi) is 7.93. The van der Waals surface area contributed by atoms with Crippen molar-refractivity contribution in [3.8, 4) is 0 Å². The lowest BCUT2D eigenvalue weighted by molar-refractivity contribution is -0.154. The smallest absolute Gasteiger partial charge is 0.306 e. The summed E-state index contributed by atoms with van der Waals surface area (Å²) in [4.78, 5) is 24.9. The Hall–Kier alpha value is -3.32. The van der Waals surface area contributed by atoms with Gasteiger partial charge in [0.05, 0.1) is 12.9 Å². The second-order valence-corrected chi connectivity index (χ2v) is 10.1. The molecule has 0 amide bonds. The van der Waals surface area contributed by atoms with Gasteiger partial charge in [0, 0.05) is 13.0 Å². The maximum absolute atomic E-state index is 11.9. The Bertz CT molecular complexity index is 1220. The van der Waals surface area contributed by atoms with Crippen LogP contribution in [0.1, 0.15) is 44.5 Å². The highest BCUT2D eigenvalue weighted by molar-refractivity contribution is 5.83. The molecule has 6 N–H and O–H groups in total. The van der Waals surface area contributed by atoms with Crippen molar-refractivity contribution in [2.75, 3.05) is 24.2 Å². The number of esters is 1. The fourth-order valence-electron chi connectivity index (χ4n) is 4.14. The number of aliphatic hydroxyl groups is 3. The number of imidazole rings is 1. The minimum atomic E-state index is -1.27. The van der Waals surface area contributed by atoms with Crippen LogP contribution in [-0.2, 0) is 27.1 Å². The summed E-state index contributed by atoms with van der Waals surface area (Å²) in [6.45, 7) is 5.66. The molecule has 37 heavy (non-hydrogen) atoms. The van der Waals surface area contributed by atoms with E-state index in [1.807, 2.05) is 45.0 Å². The van der Waals surface area contributed by atoms with E-state index in [0.717, 1.165) is 11.1 Å². The third-order valence-electron chi connectivity index (χ3n) is 6.00. The van der Waals surface area contributed by atoms with Crippen LogP contribution in [0.25, 0.3) is 11.2 Å². The third-order valence-corrected chi connectivity index (χ3v) is 6.00. The molecule has 4 rings (SSSR count). The highest BCUT2D eigenvalue weighted by Crippen LogP contribution is 2.32. The van der Waals surface area contributed by atoms with Gasteiger partial charge in [0.25, 0.3) is 0 Å². The molecule has 0 bridgehead atoms. The summed E-state index contributed by atoms with van der Waals surface area (Å²) in [6.07, 6.45) is -1.36. The second-order valence-electron chi connectivity index (χ2n) is 10.1. The number of nitrogens with two attached hydrogens (primary N) is 1. The fraction of sp³-hybridized carbons (Fsp3) is 0.520. The zero-order chi connectivity index (χ0) is 26.7. The summed E-state index contributed by atoms with van der Waals surface area (Å²) in [5.74, 6) is 0.233. The molecule has 1 aromatic carbocycles. The second kappa shape index (κ2) is 11.0. The summed E-state index contributed by atoms with van der Waals surface area (Å²) in [7, 11) is 0. The largest absolute Gasteiger partial charge is 0.460 e. The molecule has 12 nitrogen and oxygen atoms in total. The van der Waals surface area contributed by atoms with E-state index in [-0.39, 0.29) is 17.7 Å². The van der Waals surface area contributed by atoms with Crippen LogP contribution in [0.4, 0.5) is 11.8 Å². The normalized spacial score (nSPS) is 21.9. The summed E-state index contributed by atoms with van der Waals surface area (Å²) in [5, 5.41) is 33.0. The van der Waals surface area contributed by atoms with Crippen molar-refractivity contribution < 1.29 is 29.6 Å². The number of carbonyl (C=O) groups excluding carboxylic acids is 1. The minimum absolute atomic E-state index is 0.160. The number of nitrogens with one attached hydrogen (secondary N) is 1. The maximum atomic E-state index is 11.9. The standard InChI is InChI=1S/C25H34N6O6/c1-25(2,3)37-17(33)9-8-14-4-6-15(7-5-14)10-11-27-24-29-21(26)18-22(30-24)31(13-28-18)23-20(35)19(34)16(12-32)36-23/h4-7,13,16,19-20,23,32,34-35H,8-12H2,1-3H3,(H3,26,27,29,30). The first-order valence-corrected chi connectivity index (χ1v) is 12.2. The number of anilines is 2. The van der Waals surface area contributed by atoms with Gasteiger partial charge >= 0.3 is 5.97 Å². The van der Waals surface area contributed by atoms with Crippen LogP contribution in [-0.4, -0.2) is 77.9 Å². The van der Waals surface area contributed by atoms with Gasteiger partial charge in [-0.05, 0) is 44.7 Å². The lowest BCUT2D eigenvalue weighted by atomic mass is 10.1. The third kappa shape index (κ3) is 6.34. The highest BCUT2D eigenvalue weighted by atomic mass is 16.6. The lowest BCUT2D eigenvalue weighted by Gasteiger charge is -2.19. The van der Waals surface area contributed by atoms with Gasteiger partial charge in [-0.2, -0.15) is 9.97 Å². The first-order chi connectivity index (χ1) is 17.6. The van der Waals surface area contributed by atoms with Crippen LogP contribution in [0, 0.1) is 0 Å². The first-order valence-electron chi connectivity index (χ1n) is 12.2. The monoisotopic (exact) mass is 514 g/mol. The molecule has 1 fully saturated rings. The number of benzene rings is 1. The topological polar surface area (TPSA) is 178 Å². The molecule has 0 aliphatic carbocycles. The number of nitrogens with zero attached hydrogens (tertiary/aromatic N) is 4. The Balaban J connectivity index is 1.35. The fourth-order valence-corrected chi connectivity index (χ4v) is 4.14. The quantitative estimate of drug-likeness (QED) is 0.257. The number of fused-ring (bicyclic) bond motifs is 1. The molecule has 1 aliphatic heterocycles. The number of nitrogen functional groups attached to an aromatic ring is 1. The predicted octanol–water partition coefficient (Wildman–Crippen LogP) is 0.949. The van der Waals surface area contributed by atoms with Crippen LogP contribution in [0.2, 0.25) is 0 Å². The Morgan fingerprint density at radius 3 is 2.43 bits per heavy atom. The summed E-state index contributed by atoms with van der Waals surface area (Å²) in [6, 6.07) is 8.03. The number of aliphatic hydroxyl groups excluding tert-OH is 3. The van der Waals surface area contributed by atoms with Crippen LogP contribution in [0.5, 0.6) is 0 Å². The van der Waals surface area contributed by atoms with Crippen LogP contribution < -0.4 is 11.1 Å². The summed E-state index contributed by atoms with van der Waals surface area (Å²) in [5.41, 5.74) is 8.42. The Morgan fingerprint density at radius 2 is 1.81 bits per heavy atom. The highest BCUT2D eigenvalue weighted by Gasteiger charge is 2.44. The zero-order valence-corrected chi connectivity index (χ0v) is 21.2. The van der Waals surface area contributed by atoms with Crippen molar-refractivity contribution in [1.82, 2.24) is 19.5 Å². The van der Waals surface area contributed by atoms with Crippen molar-refractivity contribution in [2.45, 2.75) is 70.2 Å². The van der Waals surface area contributed by atoms with Crippen molar-refractivity contribution >= 4 is 28.9 Å². The SMILES string of the molecule is CC(C)(C)OC(=O)CCc1ccc(CCNc2nc(N)c3ncn(C4OC(CO)C(O)C4O)c3n2)cc1. The first kappa shape index (κ1) is 26.7. The van der Waals surface area contributed by atoms with E-state index < -0.39 is 36.7 Å². The number of hydrogen-bond donors (Lipinski definition) is 5. The van der Waals surface area contributed by atoms with Gasteiger partial charge in [-0.3, -0.25) is 9.36 Å². The van der Waals surface area contributed by atoms with Gasteiger partial charge in [-0.25, -0.2) is 4.98 Å². The van der Waals surface area contributed by atoms with Crippen molar-refractivity contribution in [3.05, 3.63) is 41.7 Å². The van der Waals surface area contributed by atoms with E-state index in [0.29, 0.717) is 37.0 Å². The lowest BCUT2D eigenvalue weighted by Crippen LogP contribution is -2.33. The van der Waals surface area contributed by atoms with Crippen LogP contribution >= 0.6 is 0 Å². The predicted molar refractivity (Wildman–Crippen MR) is 136 cm³/mol. The van der Waals surface area contributed by atoms with Gasteiger partial charge in [0.1, 0.15) is 29.4 Å². The Morgan fingerprint density at radius 1 is 1.14 bits per heavy atom. The molecular formula is C25H34N6O6. The van der Waals surface area contributed by atoms with Crippen LogP contribution in [0.15, 0.2) is 30.6 Å². The van der Waals surface area contributed by atoms with E-state index in [1.165, 1.54) is 10.9 Å². The molecule has 3 aromatic rings. The van der Waals surface area contributed by atoms with Gasteiger partial charge in [-0.1, -0.05) is 24.3 Å². The number of carbonyl (C=O) groups is 1. The van der Waals surface area contributed by atoms with E-state index in [9.17, 15) is 20.1 Å². The van der Waals surface area contributed by atoms with Crippen molar-refractivity contribution in [2.24, 2.45) is 0 Å². The van der Waals surface area contributed by atoms with E-state index in [2.05, 4.69) is 20.3 Å². The van der Waals surface area contributed by atoms with E-state index in [1.54, 1.807) is 0 Å². The zero-order valence-electron chi connectivity index (χ0n) is 21.2. The summed E-state index contributed by atoms with van der Waals surface area (Å²) < 4.78 is 12.4. The number of aromatic nitrogens is 4. The molecule has 0 spiro atoms. The molecule has 12 heteroatoms. The molecule has 2 aromatic heterocycles. The maximum Gasteiger partial charge on any atom is 0.306 e. The molecule has 0 radical (unpaired) electrons. The number of hydrogen-bond acceptors (Lipinski definition) is 11. The molecule has 4 unspecified atom stereocenters. The average Bonchev–Trinajstić information content (AvgIpc) is 3.38. The molecule has 0 saturated carbocycles. The number of rotatable bonds is 9. The van der Waals surface area contributed by atoms with Gasteiger partial charge in [0.15, 0.2) is 17.7 Å².